The molecule has 0 aromatic rings. The quantitative estimate of drug-likeness (QED) is 0.497. The van der Waals surface area contributed by atoms with Gasteiger partial charge in [0.2, 0.25) is 15.9 Å². The van der Waals surface area contributed by atoms with Gasteiger partial charge in [-0.2, -0.15) is 5.10 Å². The number of rotatable bonds is 5. The third kappa shape index (κ3) is 5.41. The van der Waals surface area contributed by atoms with Crippen LogP contribution < -0.4 is 15.9 Å². The van der Waals surface area contributed by atoms with Crippen LogP contribution in [0.5, 0.6) is 0 Å². The molecule has 0 saturated carbocycles. The molecule has 1 aliphatic rings. The van der Waals surface area contributed by atoms with Crippen molar-refractivity contribution in [3.8, 4) is 0 Å². The van der Waals surface area contributed by atoms with E-state index < -0.39 is 15.9 Å². The van der Waals surface area contributed by atoms with E-state index in [0.29, 0.717) is 0 Å². The van der Waals surface area contributed by atoms with Crippen LogP contribution in [0.4, 0.5) is 0 Å². The normalized spacial score (nSPS) is 16.1. The zero-order valence-electron chi connectivity index (χ0n) is 9.10. The van der Waals surface area contributed by atoms with Crippen molar-refractivity contribution in [1.29, 1.82) is 0 Å². The molecule has 0 aliphatic carbocycles. The van der Waals surface area contributed by atoms with Gasteiger partial charge in [-0.3, -0.25) is 9.59 Å². The molecule has 2 amide bonds. The van der Waals surface area contributed by atoms with Gasteiger partial charge in [-0.25, -0.2) is 19.0 Å². The number of carbonyl (C=O) groups excluding carboxylic acids is 2. The van der Waals surface area contributed by atoms with Crippen LogP contribution in [0.25, 0.3) is 0 Å². The summed E-state index contributed by atoms with van der Waals surface area (Å²) in [6.07, 6.45) is 0.750. The highest BCUT2D eigenvalue weighted by Gasteiger charge is 2.17. The fourth-order valence-corrected chi connectivity index (χ4v) is 1.76. The third-order valence-electron chi connectivity index (χ3n) is 2.06. The lowest BCUT2D eigenvalue weighted by atomic mass is 10.1. The second kappa shape index (κ2) is 5.73. The Balaban J connectivity index is 2.28. The molecule has 0 spiro atoms. The van der Waals surface area contributed by atoms with Gasteiger partial charge in [-0.1, -0.05) is 0 Å². The molecule has 96 valence electrons. The van der Waals surface area contributed by atoms with E-state index in [4.69, 9.17) is 5.14 Å². The summed E-state index contributed by atoms with van der Waals surface area (Å²) in [7, 11) is -3.49. The molecule has 9 heteroatoms. The lowest BCUT2D eigenvalue weighted by Crippen LogP contribution is -2.37. The number of hydrogen-bond acceptors (Lipinski definition) is 5. The zero-order valence-corrected chi connectivity index (χ0v) is 9.92. The third-order valence-corrected chi connectivity index (χ3v) is 2.92. The summed E-state index contributed by atoms with van der Waals surface area (Å²) in [4.78, 5) is 22.2. The van der Waals surface area contributed by atoms with Gasteiger partial charge in [0.1, 0.15) is 5.71 Å². The Morgan fingerprint density at radius 2 is 2.18 bits per heavy atom. The summed E-state index contributed by atoms with van der Waals surface area (Å²) in [5, 5.41) is 10.9. The van der Waals surface area contributed by atoms with Crippen LogP contribution in [-0.2, 0) is 19.6 Å². The van der Waals surface area contributed by atoms with E-state index in [2.05, 4.69) is 15.8 Å². The van der Waals surface area contributed by atoms with Crippen LogP contribution in [0, 0.1) is 0 Å². The van der Waals surface area contributed by atoms with Crippen LogP contribution in [0.2, 0.25) is 0 Å². The summed E-state index contributed by atoms with van der Waals surface area (Å²) in [6, 6.07) is 0. The number of hydrogen-bond donors (Lipinski definition) is 3. The molecule has 8 nitrogen and oxygen atoms in total. The second-order valence-corrected chi connectivity index (χ2v) is 5.30. The van der Waals surface area contributed by atoms with E-state index in [1.807, 2.05) is 0 Å². The van der Waals surface area contributed by atoms with Gasteiger partial charge in [-0.15, -0.1) is 0 Å². The van der Waals surface area contributed by atoms with Crippen molar-refractivity contribution >= 4 is 27.5 Å². The smallest absolute Gasteiger partial charge is 0.267 e. The van der Waals surface area contributed by atoms with Crippen molar-refractivity contribution in [2.75, 3.05) is 12.3 Å². The predicted octanol–water partition coefficient (Wildman–Crippen LogP) is -1.95. The first-order valence-electron chi connectivity index (χ1n) is 5.02. The maximum atomic E-state index is 11.5. The van der Waals surface area contributed by atoms with Crippen molar-refractivity contribution in [1.82, 2.24) is 10.7 Å². The molecule has 4 N–H and O–H groups in total. The van der Waals surface area contributed by atoms with E-state index >= 15 is 0 Å². The predicted molar refractivity (Wildman–Crippen MR) is 60.4 cm³/mol. The lowest BCUT2D eigenvalue weighted by molar-refractivity contribution is -0.121. The monoisotopic (exact) mass is 262 g/mol. The molecule has 1 aliphatic heterocycles. The minimum atomic E-state index is -3.49. The number of carbonyl (C=O) groups is 2. The highest BCUT2D eigenvalue weighted by Crippen LogP contribution is 1.99. The number of amides is 2. The van der Waals surface area contributed by atoms with Crippen molar-refractivity contribution in [3.63, 3.8) is 0 Å². The molecule has 0 unspecified atom stereocenters. The van der Waals surface area contributed by atoms with E-state index in [-0.39, 0.29) is 43.2 Å². The molecule has 0 saturated heterocycles. The number of nitrogens with zero attached hydrogens (tertiary/aromatic N) is 1. The van der Waals surface area contributed by atoms with Crippen molar-refractivity contribution in [3.05, 3.63) is 0 Å². The van der Waals surface area contributed by atoms with Crippen molar-refractivity contribution in [2.45, 2.75) is 19.3 Å². The van der Waals surface area contributed by atoms with Gasteiger partial charge in [0.15, 0.2) is 0 Å². The summed E-state index contributed by atoms with van der Waals surface area (Å²) in [5.41, 5.74) is 2.44. The van der Waals surface area contributed by atoms with Gasteiger partial charge < -0.3 is 5.32 Å². The summed E-state index contributed by atoms with van der Waals surface area (Å²) in [5.74, 6) is -0.813. The summed E-state index contributed by atoms with van der Waals surface area (Å²) in [6.45, 7) is 0.197. The summed E-state index contributed by atoms with van der Waals surface area (Å²) >= 11 is 0. The van der Waals surface area contributed by atoms with Crippen molar-refractivity contribution in [2.24, 2.45) is 10.2 Å². The number of primary sulfonamides is 1. The average Bonchev–Trinajstić information content (AvgIpc) is 2.24. The Kier molecular flexibility index (Phi) is 4.58. The van der Waals surface area contributed by atoms with Gasteiger partial charge in [0, 0.05) is 19.4 Å². The fourth-order valence-electron chi connectivity index (χ4n) is 1.22. The molecule has 0 bridgehead atoms. The lowest BCUT2D eigenvalue weighted by Gasteiger charge is -2.11. The van der Waals surface area contributed by atoms with Gasteiger partial charge in [0.25, 0.3) is 5.91 Å². The first-order chi connectivity index (χ1) is 7.88. The molecule has 0 radical (unpaired) electrons. The maximum absolute atomic E-state index is 11.5. The van der Waals surface area contributed by atoms with Crippen molar-refractivity contribution < 1.29 is 18.0 Å². The number of hydrazone groups is 1. The minimum absolute atomic E-state index is 0.184. The van der Waals surface area contributed by atoms with Gasteiger partial charge >= 0.3 is 0 Å². The first-order valence-corrected chi connectivity index (χ1v) is 6.74. The first kappa shape index (κ1) is 13.6. The molecule has 0 aromatic carbocycles. The van der Waals surface area contributed by atoms with E-state index in [1.165, 1.54) is 0 Å². The molecule has 0 atom stereocenters. The van der Waals surface area contributed by atoms with Crippen LogP contribution in [0.3, 0.4) is 0 Å². The highest BCUT2D eigenvalue weighted by atomic mass is 32.2. The van der Waals surface area contributed by atoms with E-state index in [9.17, 15) is 18.0 Å². The topological polar surface area (TPSA) is 131 Å². The number of nitrogens with one attached hydrogen (secondary N) is 2. The van der Waals surface area contributed by atoms with Gasteiger partial charge in [0.05, 0.1) is 5.75 Å². The molecule has 1 heterocycles. The number of nitrogens with two attached hydrogens (primary N) is 1. The molecular weight excluding hydrogens is 248 g/mol. The Morgan fingerprint density at radius 3 is 2.71 bits per heavy atom. The molecule has 1 rings (SSSR count). The fraction of sp³-hybridized carbons (Fsp3) is 0.625. The van der Waals surface area contributed by atoms with Crippen LogP contribution >= 0.6 is 0 Å². The molecular formula is C8H14N4O4S. The van der Waals surface area contributed by atoms with Gasteiger partial charge in [-0.05, 0) is 6.42 Å². The average molecular weight is 262 g/mol. The molecule has 17 heavy (non-hydrogen) atoms. The largest absolute Gasteiger partial charge is 0.351 e. The standard InChI is InChI=1S/C8H14N4O4S/c9-17(15,16)5-1-4-10-8(14)6-2-3-7(13)12-11-6/h1-5H2,(H,10,14)(H,12,13)(H2,9,15,16). The minimum Gasteiger partial charge on any atom is -0.351 e. The Labute approximate surface area is 98.7 Å². The molecule has 0 fully saturated rings. The molecule has 0 aromatic heterocycles. The SMILES string of the molecule is NS(=O)(=O)CCCNC(=O)C1=NNC(=O)CC1. The number of sulfonamides is 1. The highest BCUT2D eigenvalue weighted by molar-refractivity contribution is 7.89. The van der Waals surface area contributed by atoms with Crippen LogP contribution in [0.15, 0.2) is 5.10 Å². The Morgan fingerprint density at radius 1 is 1.47 bits per heavy atom. The van der Waals surface area contributed by atoms with E-state index in [1.54, 1.807) is 0 Å². The van der Waals surface area contributed by atoms with Crippen LogP contribution in [-0.4, -0.2) is 38.2 Å². The maximum Gasteiger partial charge on any atom is 0.267 e. The van der Waals surface area contributed by atoms with E-state index in [0.717, 1.165) is 0 Å². The van der Waals surface area contributed by atoms with Crippen LogP contribution in [0.1, 0.15) is 19.3 Å². The zero-order chi connectivity index (χ0) is 12.9. The summed E-state index contributed by atoms with van der Waals surface area (Å²) < 4.78 is 21.2. The Bertz CT molecular complexity index is 442. The Hall–Kier alpha value is -1.48. The second-order valence-electron chi connectivity index (χ2n) is 3.57.